The van der Waals surface area contributed by atoms with Crippen LogP contribution < -0.4 is 0 Å². The first-order valence-electron chi connectivity index (χ1n) is 7.05. The summed E-state index contributed by atoms with van der Waals surface area (Å²) in [6.45, 7) is 16.5. The molecule has 0 unspecified atom stereocenters. The van der Waals surface area contributed by atoms with Crippen LogP contribution in [0.5, 0.6) is 0 Å². The van der Waals surface area contributed by atoms with Gasteiger partial charge in [-0.3, -0.25) is 0 Å². The quantitative estimate of drug-likeness (QED) is 0.608. The minimum atomic E-state index is -2.82. The van der Waals surface area contributed by atoms with Gasteiger partial charge >= 0.3 is 8.56 Å². The summed E-state index contributed by atoms with van der Waals surface area (Å²) in [7, 11) is -2.82. The summed E-state index contributed by atoms with van der Waals surface area (Å²) in [5.41, 5.74) is 0. The zero-order chi connectivity index (χ0) is 14.2. The molecule has 0 radical (unpaired) electrons. The smallest absolute Gasteiger partial charge is 0.346 e. The first kappa shape index (κ1) is 15.9. The van der Waals surface area contributed by atoms with Gasteiger partial charge in [-0.05, 0) is 12.8 Å². The molecule has 0 aromatic heterocycles. The minimum absolute atomic E-state index is 0.164. The molecule has 0 aliphatic heterocycles. The summed E-state index contributed by atoms with van der Waals surface area (Å²) in [6, 6.07) is 0. The van der Waals surface area contributed by atoms with Crippen LogP contribution >= 0.6 is 0 Å². The molecule has 2 nitrogen and oxygen atoms in total. The summed E-state index contributed by atoms with van der Waals surface area (Å²) in [4.78, 5) is 11.2. The van der Waals surface area contributed by atoms with E-state index in [0.717, 1.165) is 12.8 Å². The van der Waals surface area contributed by atoms with Gasteiger partial charge in [-0.25, -0.2) is 0 Å². The molecule has 0 amide bonds. The average molecular weight is 270 g/mol. The van der Waals surface area contributed by atoms with Crippen LogP contribution in [0.2, 0.25) is 10.1 Å². The molecule has 1 N–H and O–H groups in total. The van der Waals surface area contributed by atoms with Crippen LogP contribution in [0.1, 0.15) is 60.8 Å². The predicted octanol–water partition coefficient (Wildman–Crippen LogP) is 4.39. The second kappa shape index (κ2) is 5.10. The van der Waals surface area contributed by atoms with Crippen molar-refractivity contribution in [2.45, 2.75) is 77.0 Å². The molecule has 1 aliphatic rings. The van der Waals surface area contributed by atoms with Crippen LogP contribution in [0.4, 0.5) is 0 Å². The second-order valence-corrected chi connectivity index (χ2v) is 12.2. The van der Waals surface area contributed by atoms with Crippen molar-refractivity contribution in [1.82, 2.24) is 0 Å². The zero-order valence-electron chi connectivity index (χ0n) is 12.9. The lowest BCUT2D eigenvalue weighted by molar-refractivity contribution is 0.0974. The Morgan fingerprint density at radius 3 is 2.00 bits per heavy atom. The molecular formula is C15H30O2Si. The van der Waals surface area contributed by atoms with Gasteiger partial charge in [0.25, 0.3) is 0 Å². The van der Waals surface area contributed by atoms with Crippen LogP contribution in [0.15, 0.2) is 12.7 Å². The number of rotatable bonds is 3. The van der Waals surface area contributed by atoms with E-state index in [2.05, 4.69) is 48.1 Å². The van der Waals surface area contributed by atoms with Crippen LogP contribution in [-0.2, 0) is 4.43 Å². The Morgan fingerprint density at radius 1 is 1.11 bits per heavy atom. The molecule has 0 bridgehead atoms. The van der Waals surface area contributed by atoms with E-state index in [9.17, 15) is 4.80 Å². The largest absolute Gasteiger partial charge is 0.410 e. The molecule has 1 fully saturated rings. The third-order valence-electron chi connectivity index (χ3n) is 4.16. The maximum absolute atomic E-state index is 11.2. The van der Waals surface area contributed by atoms with Crippen molar-refractivity contribution in [3.8, 4) is 0 Å². The van der Waals surface area contributed by atoms with E-state index in [1.54, 1.807) is 0 Å². The molecule has 18 heavy (non-hydrogen) atoms. The number of hydrogen-bond donors (Lipinski definition) is 1. The third kappa shape index (κ3) is 2.89. The number of hydrogen-bond acceptors (Lipinski definition) is 2. The summed E-state index contributed by atoms with van der Waals surface area (Å²) >= 11 is 0. The first-order valence-corrected chi connectivity index (χ1v) is 8.91. The van der Waals surface area contributed by atoms with Crippen molar-refractivity contribution < 1.29 is 9.22 Å². The predicted molar refractivity (Wildman–Crippen MR) is 79.8 cm³/mol. The molecule has 0 aromatic carbocycles. The van der Waals surface area contributed by atoms with Crippen molar-refractivity contribution in [2.75, 3.05) is 0 Å². The van der Waals surface area contributed by atoms with E-state index in [0.29, 0.717) is 5.92 Å². The standard InChI is InChI=1S/C15H30O2Si/c1-8-12-10-9-11-13(12)17-18(16,14(2,3)4)15(5,6)7/h8,12-13,16H,1,9-11H2,2-7H3/t12-,13+/m0/s1. The fourth-order valence-corrected chi connectivity index (χ4v) is 6.76. The van der Waals surface area contributed by atoms with Gasteiger partial charge < -0.3 is 9.22 Å². The first-order chi connectivity index (χ1) is 8.03. The van der Waals surface area contributed by atoms with Crippen molar-refractivity contribution in [3.63, 3.8) is 0 Å². The summed E-state index contributed by atoms with van der Waals surface area (Å²) < 4.78 is 6.35. The highest BCUT2D eigenvalue weighted by atomic mass is 28.4. The van der Waals surface area contributed by atoms with Crippen LogP contribution in [-0.4, -0.2) is 19.5 Å². The molecular weight excluding hydrogens is 240 g/mol. The zero-order valence-corrected chi connectivity index (χ0v) is 13.9. The SMILES string of the molecule is C=C[C@H]1CCC[C@H]1O[Si](O)(C(C)(C)C)C(C)(C)C. The topological polar surface area (TPSA) is 29.5 Å². The van der Waals surface area contributed by atoms with Crippen molar-refractivity contribution in [2.24, 2.45) is 5.92 Å². The fourth-order valence-electron chi connectivity index (χ4n) is 3.07. The van der Waals surface area contributed by atoms with Gasteiger partial charge in [0.1, 0.15) is 0 Å². The van der Waals surface area contributed by atoms with E-state index in [1.165, 1.54) is 6.42 Å². The summed E-state index contributed by atoms with van der Waals surface area (Å²) in [5, 5.41) is -0.362. The average Bonchev–Trinajstić information content (AvgIpc) is 2.61. The molecule has 106 valence electrons. The lowest BCUT2D eigenvalue weighted by atomic mass is 10.1. The molecule has 1 aliphatic carbocycles. The third-order valence-corrected chi connectivity index (χ3v) is 8.87. The maximum atomic E-state index is 11.2. The van der Waals surface area contributed by atoms with Gasteiger partial charge in [-0.15, -0.1) is 6.58 Å². The molecule has 3 heteroatoms. The molecule has 1 saturated carbocycles. The molecule has 2 atom stereocenters. The fraction of sp³-hybridized carbons (Fsp3) is 0.867. The van der Waals surface area contributed by atoms with Gasteiger partial charge in [0.2, 0.25) is 0 Å². The Kier molecular flexibility index (Phi) is 4.52. The highest BCUT2D eigenvalue weighted by Crippen LogP contribution is 2.51. The van der Waals surface area contributed by atoms with Gasteiger partial charge in [0.15, 0.2) is 0 Å². The minimum Gasteiger partial charge on any atom is -0.410 e. The Hall–Kier alpha value is -0.123. The highest BCUT2D eigenvalue weighted by molar-refractivity contribution is 6.72. The van der Waals surface area contributed by atoms with Crippen LogP contribution in [0.3, 0.4) is 0 Å². The molecule has 0 spiro atoms. The van der Waals surface area contributed by atoms with Gasteiger partial charge in [-0.2, -0.15) is 0 Å². The van der Waals surface area contributed by atoms with E-state index in [1.807, 2.05) is 6.08 Å². The Balaban J connectivity index is 2.97. The van der Waals surface area contributed by atoms with Crippen LogP contribution in [0, 0.1) is 5.92 Å². The van der Waals surface area contributed by atoms with E-state index >= 15 is 0 Å². The van der Waals surface area contributed by atoms with Crippen molar-refractivity contribution in [1.29, 1.82) is 0 Å². The summed E-state index contributed by atoms with van der Waals surface area (Å²) in [5.74, 6) is 0.411. The van der Waals surface area contributed by atoms with E-state index in [-0.39, 0.29) is 16.2 Å². The molecule has 0 aromatic rings. The maximum Gasteiger partial charge on any atom is 0.346 e. The normalized spacial score (nSPS) is 26.4. The second-order valence-electron chi connectivity index (χ2n) is 7.63. The Morgan fingerprint density at radius 2 is 1.61 bits per heavy atom. The lowest BCUT2D eigenvalue weighted by Gasteiger charge is -2.47. The monoisotopic (exact) mass is 270 g/mol. The molecule has 0 saturated heterocycles. The van der Waals surface area contributed by atoms with Crippen LogP contribution in [0.25, 0.3) is 0 Å². The van der Waals surface area contributed by atoms with Gasteiger partial charge in [0, 0.05) is 16.0 Å². The molecule has 1 rings (SSSR count). The van der Waals surface area contributed by atoms with E-state index < -0.39 is 8.56 Å². The van der Waals surface area contributed by atoms with Gasteiger partial charge in [-0.1, -0.05) is 54.0 Å². The van der Waals surface area contributed by atoms with E-state index in [4.69, 9.17) is 4.43 Å². The highest BCUT2D eigenvalue weighted by Gasteiger charge is 2.57. The lowest BCUT2D eigenvalue weighted by Crippen LogP contribution is -2.57. The Labute approximate surface area is 114 Å². The van der Waals surface area contributed by atoms with Crippen molar-refractivity contribution in [3.05, 3.63) is 12.7 Å². The van der Waals surface area contributed by atoms with Crippen molar-refractivity contribution >= 4 is 8.56 Å². The van der Waals surface area contributed by atoms with Gasteiger partial charge in [0.05, 0.1) is 6.10 Å². The Bertz CT molecular complexity index is 285. The molecule has 0 heterocycles. The summed E-state index contributed by atoms with van der Waals surface area (Å²) in [6.07, 6.45) is 5.54.